The van der Waals surface area contributed by atoms with Crippen LogP contribution in [0.4, 0.5) is 5.82 Å². The van der Waals surface area contributed by atoms with Crippen LogP contribution in [0, 0.1) is 0 Å². The van der Waals surface area contributed by atoms with Gasteiger partial charge in [-0.25, -0.2) is 0 Å². The van der Waals surface area contributed by atoms with Crippen LogP contribution in [-0.2, 0) is 6.61 Å². The highest BCUT2D eigenvalue weighted by molar-refractivity contribution is 6.36. The molecule has 0 radical (unpaired) electrons. The summed E-state index contributed by atoms with van der Waals surface area (Å²) >= 11 is 18.2. The Morgan fingerprint density at radius 1 is 1.10 bits per heavy atom. The summed E-state index contributed by atoms with van der Waals surface area (Å²) in [6, 6.07) is 9.06. The van der Waals surface area contributed by atoms with E-state index in [0.717, 1.165) is 5.56 Å². The van der Waals surface area contributed by atoms with Gasteiger partial charge >= 0.3 is 0 Å². The molecule has 1 aromatic carbocycles. The highest BCUT2D eigenvalue weighted by atomic mass is 35.5. The molecule has 2 rings (SSSR count). The highest BCUT2D eigenvalue weighted by Gasteiger charge is 2.11. The second kappa shape index (κ2) is 7.02. The quantitative estimate of drug-likeness (QED) is 0.832. The van der Waals surface area contributed by atoms with Gasteiger partial charge in [-0.3, -0.25) is 0 Å². The first-order valence-electron chi connectivity index (χ1n) is 6.08. The molecule has 106 valence electrons. The first kappa shape index (κ1) is 15.2. The molecule has 3 nitrogen and oxygen atoms in total. The summed E-state index contributed by atoms with van der Waals surface area (Å²) in [5.41, 5.74) is 0.868. The number of nitrogens with one attached hydrogen (secondary N) is 1. The fourth-order valence-corrected chi connectivity index (χ4v) is 2.27. The molecule has 1 aromatic heterocycles. The normalized spacial score (nSPS) is 10.4. The van der Waals surface area contributed by atoms with Crippen molar-refractivity contribution in [3.8, 4) is 5.88 Å². The number of aromatic nitrogens is 1. The van der Waals surface area contributed by atoms with E-state index in [1.807, 2.05) is 25.1 Å². The van der Waals surface area contributed by atoms with E-state index in [2.05, 4.69) is 10.3 Å². The molecule has 0 aliphatic rings. The van der Waals surface area contributed by atoms with E-state index in [4.69, 9.17) is 39.5 Å². The lowest BCUT2D eigenvalue weighted by Crippen LogP contribution is -2.04. The lowest BCUT2D eigenvalue weighted by molar-refractivity contribution is 0.294. The van der Waals surface area contributed by atoms with Crippen LogP contribution in [0.25, 0.3) is 0 Å². The third-order valence-electron chi connectivity index (χ3n) is 2.56. The van der Waals surface area contributed by atoms with Crippen molar-refractivity contribution in [3.63, 3.8) is 0 Å². The number of nitrogens with zero attached hydrogens (tertiary/aromatic N) is 1. The molecule has 0 saturated carbocycles. The molecule has 0 atom stereocenters. The molecular formula is C14H13Cl3N2O. The van der Waals surface area contributed by atoms with Crippen LogP contribution in [0.2, 0.25) is 15.1 Å². The second-order valence-corrected chi connectivity index (χ2v) is 5.24. The standard InChI is InChI=1S/C14H13Cl3N2O/c1-2-18-13-11(16)7-12(17)14(19-13)20-8-9-5-3-4-6-10(9)15/h3-7H,2,8H2,1H3,(H,18,19). The van der Waals surface area contributed by atoms with E-state index in [-0.39, 0.29) is 0 Å². The van der Waals surface area contributed by atoms with Gasteiger partial charge < -0.3 is 10.1 Å². The maximum absolute atomic E-state index is 6.07. The van der Waals surface area contributed by atoms with Crippen LogP contribution in [0.3, 0.4) is 0 Å². The Bertz CT molecular complexity index is 605. The van der Waals surface area contributed by atoms with Crippen LogP contribution < -0.4 is 10.1 Å². The molecule has 0 spiro atoms. The maximum Gasteiger partial charge on any atom is 0.234 e. The molecular weight excluding hydrogens is 319 g/mol. The van der Waals surface area contributed by atoms with Gasteiger partial charge in [0.15, 0.2) is 0 Å². The predicted molar refractivity (Wildman–Crippen MR) is 84.2 cm³/mol. The first-order valence-corrected chi connectivity index (χ1v) is 7.21. The van der Waals surface area contributed by atoms with Crippen molar-refractivity contribution in [2.75, 3.05) is 11.9 Å². The van der Waals surface area contributed by atoms with Gasteiger partial charge in [0.25, 0.3) is 0 Å². The summed E-state index contributed by atoms with van der Waals surface area (Å²) in [6.45, 7) is 2.95. The Morgan fingerprint density at radius 3 is 2.55 bits per heavy atom. The van der Waals surface area contributed by atoms with Crippen molar-refractivity contribution in [2.24, 2.45) is 0 Å². The topological polar surface area (TPSA) is 34.2 Å². The molecule has 20 heavy (non-hydrogen) atoms. The largest absolute Gasteiger partial charge is 0.472 e. The van der Waals surface area contributed by atoms with E-state index < -0.39 is 0 Å². The van der Waals surface area contributed by atoms with Gasteiger partial charge in [-0.15, -0.1) is 0 Å². The highest BCUT2D eigenvalue weighted by Crippen LogP contribution is 2.31. The van der Waals surface area contributed by atoms with Crippen molar-refractivity contribution in [3.05, 3.63) is 51.0 Å². The average Bonchev–Trinajstić information content (AvgIpc) is 2.42. The van der Waals surface area contributed by atoms with Gasteiger partial charge in [0, 0.05) is 17.1 Å². The van der Waals surface area contributed by atoms with Crippen LogP contribution in [-0.4, -0.2) is 11.5 Å². The Balaban J connectivity index is 2.17. The van der Waals surface area contributed by atoms with E-state index >= 15 is 0 Å². The van der Waals surface area contributed by atoms with E-state index in [0.29, 0.717) is 39.9 Å². The van der Waals surface area contributed by atoms with Crippen LogP contribution in [0.5, 0.6) is 5.88 Å². The minimum atomic E-state index is 0.291. The number of halogens is 3. The minimum absolute atomic E-state index is 0.291. The zero-order valence-corrected chi connectivity index (χ0v) is 13.1. The van der Waals surface area contributed by atoms with Gasteiger partial charge in [-0.1, -0.05) is 53.0 Å². The zero-order chi connectivity index (χ0) is 14.5. The van der Waals surface area contributed by atoms with Crippen molar-refractivity contribution in [2.45, 2.75) is 13.5 Å². The predicted octanol–water partition coefficient (Wildman–Crippen LogP) is 5.05. The molecule has 0 amide bonds. The summed E-state index contributed by atoms with van der Waals surface area (Å²) in [6.07, 6.45) is 0. The first-order chi connectivity index (χ1) is 9.61. The van der Waals surface area contributed by atoms with Crippen molar-refractivity contribution in [1.29, 1.82) is 0 Å². The smallest absolute Gasteiger partial charge is 0.234 e. The summed E-state index contributed by atoms with van der Waals surface area (Å²) in [4.78, 5) is 4.27. The molecule has 0 aliphatic carbocycles. The fraction of sp³-hybridized carbons (Fsp3) is 0.214. The number of anilines is 1. The van der Waals surface area contributed by atoms with Crippen molar-refractivity contribution >= 4 is 40.6 Å². The van der Waals surface area contributed by atoms with Crippen LogP contribution in [0.15, 0.2) is 30.3 Å². The third kappa shape index (κ3) is 3.69. The lowest BCUT2D eigenvalue weighted by atomic mass is 10.2. The zero-order valence-electron chi connectivity index (χ0n) is 10.8. The molecule has 0 aliphatic heterocycles. The molecule has 0 bridgehead atoms. The van der Waals surface area contributed by atoms with Crippen molar-refractivity contribution < 1.29 is 4.74 Å². The summed E-state index contributed by atoms with van der Waals surface area (Å²) in [7, 11) is 0. The Labute approximate surface area is 132 Å². The van der Waals surface area contributed by atoms with Gasteiger partial charge in [0.05, 0.1) is 5.02 Å². The second-order valence-electron chi connectivity index (χ2n) is 4.02. The third-order valence-corrected chi connectivity index (χ3v) is 3.49. The van der Waals surface area contributed by atoms with Crippen molar-refractivity contribution in [1.82, 2.24) is 4.98 Å². The lowest BCUT2D eigenvalue weighted by Gasteiger charge is -2.11. The molecule has 0 unspecified atom stereocenters. The van der Waals surface area contributed by atoms with Crippen LogP contribution >= 0.6 is 34.8 Å². The molecule has 6 heteroatoms. The minimum Gasteiger partial charge on any atom is -0.472 e. The fourth-order valence-electron chi connectivity index (χ4n) is 1.60. The monoisotopic (exact) mass is 330 g/mol. The number of rotatable bonds is 5. The van der Waals surface area contributed by atoms with Gasteiger partial charge in [0.2, 0.25) is 5.88 Å². The summed E-state index contributed by atoms with van der Waals surface area (Å²) in [5, 5.41) is 4.51. The number of hydrogen-bond donors (Lipinski definition) is 1. The van der Waals surface area contributed by atoms with Crippen LogP contribution in [0.1, 0.15) is 12.5 Å². The molecule has 0 fully saturated rings. The molecule has 2 aromatic rings. The van der Waals surface area contributed by atoms with E-state index in [9.17, 15) is 0 Å². The number of ether oxygens (including phenoxy) is 1. The Kier molecular flexibility index (Phi) is 5.35. The number of pyridine rings is 1. The van der Waals surface area contributed by atoms with Gasteiger partial charge in [-0.2, -0.15) is 4.98 Å². The SMILES string of the molecule is CCNc1nc(OCc2ccccc2Cl)c(Cl)cc1Cl. The summed E-state index contributed by atoms with van der Waals surface area (Å²) in [5.74, 6) is 0.875. The van der Waals surface area contributed by atoms with Gasteiger partial charge in [-0.05, 0) is 19.1 Å². The Hall–Kier alpha value is -1.16. The summed E-state index contributed by atoms with van der Waals surface area (Å²) < 4.78 is 5.62. The van der Waals surface area contributed by atoms with Gasteiger partial charge in [0.1, 0.15) is 17.4 Å². The van der Waals surface area contributed by atoms with E-state index in [1.54, 1.807) is 12.1 Å². The molecule has 0 saturated heterocycles. The number of hydrogen-bond acceptors (Lipinski definition) is 3. The Morgan fingerprint density at radius 2 is 1.85 bits per heavy atom. The molecule has 1 heterocycles. The average molecular weight is 332 g/mol. The molecule has 1 N–H and O–H groups in total. The number of benzene rings is 1. The maximum atomic E-state index is 6.07. The van der Waals surface area contributed by atoms with E-state index in [1.165, 1.54) is 0 Å².